The molecule has 0 saturated carbocycles. The Kier molecular flexibility index (Phi) is 10.0. The van der Waals surface area contributed by atoms with Gasteiger partial charge in [-0.25, -0.2) is 8.42 Å². The van der Waals surface area contributed by atoms with Crippen LogP contribution in [0.3, 0.4) is 0 Å². The highest BCUT2D eigenvalue weighted by atomic mass is 32.2. The van der Waals surface area contributed by atoms with Crippen LogP contribution in [0.4, 0.5) is 0 Å². The predicted molar refractivity (Wildman–Crippen MR) is 143 cm³/mol. The smallest absolute Gasteiger partial charge is 0.266 e. The molecule has 0 saturated heterocycles. The molecule has 1 atom stereocenters. The first kappa shape index (κ1) is 28.2. The van der Waals surface area contributed by atoms with Crippen LogP contribution in [0.5, 0.6) is 0 Å². The molecule has 0 fully saturated rings. The van der Waals surface area contributed by atoms with E-state index in [1.54, 1.807) is 47.0 Å². The minimum Gasteiger partial charge on any atom is -0.266 e. The highest BCUT2D eigenvalue weighted by molar-refractivity contribution is 7.89. The van der Waals surface area contributed by atoms with Crippen LogP contribution in [0.15, 0.2) is 70.7 Å². The molecule has 0 aliphatic heterocycles. The molecular weight excluding hydrogens is 496 g/mol. The van der Waals surface area contributed by atoms with Gasteiger partial charge in [-0.3, -0.25) is 9.17 Å². The lowest BCUT2D eigenvalue weighted by atomic mass is 10.1. The van der Waals surface area contributed by atoms with Crippen molar-refractivity contribution in [2.75, 3.05) is 13.2 Å². The largest absolute Gasteiger partial charge is 0.296 e. The van der Waals surface area contributed by atoms with E-state index in [1.807, 2.05) is 19.9 Å². The lowest BCUT2D eigenvalue weighted by Crippen LogP contribution is -2.39. The summed E-state index contributed by atoms with van der Waals surface area (Å²) in [5, 5.41) is 1.41. The van der Waals surface area contributed by atoms with Crippen LogP contribution in [0.2, 0.25) is 0 Å². The van der Waals surface area contributed by atoms with Gasteiger partial charge in [0.15, 0.2) is 0 Å². The maximum absolute atomic E-state index is 13.8. The summed E-state index contributed by atoms with van der Waals surface area (Å²) in [4.78, 5) is 4.49. The number of hydrogen-bond acceptors (Lipinski definition) is 6. The number of aryl methyl sites for hydroxylation is 1. The van der Waals surface area contributed by atoms with Crippen molar-refractivity contribution in [2.24, 2.45) is 0 Å². The van der Waals surface area contributed by atoms with Gasteiger partial charge in [0, 0.05) is 35.8 Å². The zero-order chi connectivity index (χ0) is 26.2. The van der Waals surface area contributed by atoms with Crippen LogP contribution < -0.4 is 0 Å². The number of sulfonamides is 1. The molecule has 1 aromatic heterocycles. The molecule has 3 rings (SSSR count). The topological polar surface area (TPSA) is 93.6 Å². The van der Waals surface area contributed by atoms with Gasteiger partial charge in [-0.2, -0.15) is 12.7 Å². The maximum Gasteiger partial charge on any atom is 0.296 e. The fourth-order valence-electron chi connectivity index (χ4n) is 4.18. The third kappa shape index (κ3) is 7.12. The van der Waals surface area contributed by atoms with Crippen molar-refractivity contribution in [1.29, 1.82) is 0 Å². The average molecular weight is 533 g/mol. The Labute approximate surface area is 215 Å². The molecule has 2 aromatic carbocycles. The molecule has 0 aliphatic rings. The number of rotatable bonds is 14. The van der Waals surface area contributed by atoms with Gasteiger partial charge in [-0.15, -0.1) is 0 Å². The van der Waals surface area contributed by atoms with Crippen molar-refractivity contribution in [3.05, 3.63) is 66.5 Å². The second kappa shape index (κ2) is 12.8. The van der Waals surface area contributed by atoms with Crippen molar-refractivity contribution in [3.63, 3.8) is 0 Å². The van der Waals surface area contributed by atoms with Crippen LogP contribution in [0.25, 0.3) is 10.8 Å². The highest BCUT2D eigenvalue weighted by Crippen LogP contribution is 2.28. The third-order valence-corrected chi connectivity index (χ3v) is 9.66. The summed E-state index contributed by atoms with van der Waals surface area (Å²) in [6.45, 7) is 6.28. The Bertz CT molecular complexity index is 1330. The van der Waals surface area contributed by atoms with Crippen molar-refractivity contribution in [3.8, 4) is 0 Å². The van der Waals surface area contributed by atoms with Crippen LogP contribution in [0.1, 0.15) is 57.9 Å². The fourth-order valence-corrected chi connectivity index (χ4v) is 7.04. The Morgan fingerprint density at radius 3 is 2.42 bits per heavy atom. The van der Waals surface area contributed by atoms with Crippen molar-refractivity contribution >= 4 is 30.9 Å². The molecule has 196 valence electrons. The first-order valence-electron chi connectivity index (χ1n) is 12.5. The number of benzene rings is 2. The quantitative estimate of drug-likeness (QED) is 0.196. The molecule has 9 heteroatoms. The maximum atomic E-state index is 13.8. The van der Waals surface area contributed by atoms with Crippen LogP contribution in [-0.4, -0.2) is 45.3 Å². The molecular formula is C27H36N2O5S2. The predicted octanol–water partition coefficient (Wildman–Crippen LogP) is 5.69. The summed E-state index contributed by atoms with van der Waals surface area (Å²) in [6.07, 6.45) is 7.97. The van der Waals surface area contributed by atoms with Gasteiger partial charge in [-0.05, 0) is 57.4 Å². The van der Waals surface area contributed by atoms with Gasteiger partial charge in [0.1, 0.15) is 0 Å². The molecule has 0 radical (unpaired) electrons. The number of fused-ring (bicyclic) bond motifs is 1. The lowest BCUT2D eigenvalue weighted by molar-refractivity contribution is 0.268. The minimum atomic E-state index is -3.85. The number of nitrogens with zero attached hydrogens (tertiary/aromatic N) is 2. The summed E-state index contributed by atoms with van der Waals surface area (Å²) in [5.41, 5.74) is 0.963. The average Bonchev–Trinajstić information content (AvgIpc) is 2.86. The van der Waals surface area contributed by atoms with E-state index in [0.29, 0.717) is 24.8 Å². The van der Waals surface area contributed by atoms with Gasteiger partial charge in [-0.1, -0.05) is 56.0 Å². The monoisotopic (exact) mass is 532 g/mol. The second-order valence-electron chi connectivity index (χ2n) is 9.11. The van der Waals surface area contributed by atoms with E-state index in [4.69, 9.17) is 4.18 Å². The molecule has 0 bridgehead atoms. The lowest BCUT2D eigenvalue weighted by Gasteiger charge is -2.29. The summed E-state index contributed by atoms with van der Waals surface area (Å²) in [7, 11) is -7.63. The zero-order valence-corrected chi connectivity index (χ0v) is 22.9. The minimum absolute atomic E-state index is 0.00971. The number of hydrogen-bond donors (Lipinski definition) is 0. The van der Waals surface area contributed by atoms with Gasteiger partial charge in [0.25, 0.3) is 10.1 Å². The van der Waals surface area contributed by atoms with E-state index < -0.39 is 20.1 Å². The van der Waals surface area contributed by atoms with Crippen LogP contribution >= 0.6 is 0 Å². The van der Waals surface area contributed by atoms with Gasteiger partial charge >= 0.3 is 0 Å². The third-order valence-electron chi connectivity index (χ3n) is 6.27. The molecule has 0 N–H and O–H groups in total. The molecule has 1 heterocycles. The molecule has 0 spiro atoms. The van der Waals surface area contributed by atoms with E-state index in [0.717, 1.165) is 36.6 Å². The zero-order valence-electron chi connectivity index (χ0n) is 21.3. The number of unbranched alkanes of at least 4 members (excludes halogenated alkanes) is 3. The summed E-state index contributed by atoms with van der Waals surface area (Å²) < 4.78 is 59.4. The SMILES string of the molecule is CCCCCCN(C(C)CCCOS(=O)(=O)c1ccc(C)cc1)S(=O)(=O)c1cccc2cnccc12. The molecule has 0 amide bonds. The first-order chi connectivity index (χ1) is 17.2. The summed E-state index contributed by atoms with van der Waals surface area (Å²) in [6, 6.07) is 13.1. The Morgan fingerprint density at radius 1 is 0.944 bits per heavy atom. The molecule has 7 nitrogen and oxygen atoms in total. The molecule has 0 aliphatic carbocycles. The molecule has 36 heavy (non-hydrogen) atoms. The number of aromatic nitrogens is 1. The Balaban J connectivity index is 1.72. The highest BCUT2D eigenvalue weighted by Gasteiger charge is 2.30. The molecule has 3 aromatic rings. The summed E-state index contributed by atoms with van der Waals surface area (Å²) in [5.74, 6) is 0. The van der Waals surface area contributed by atoms with E-state index in [1.165, 1.54) is 12.1 Å². The fraction of sp³-hybridized carbons (Fsp3) is 0.444. The van der Waals surface area contributed by atoms with Gasteiger partial charge in [0.2, 0.25) is 10.0 Å². The van der Waals surface area contributed by atoms with E-state index in [2.05, 4.69) is 11.9 Å². The Morgan fingerprint density at radius 2 is 1.69 bits per heavy atom. The summed E-state index contributed by atoms with van der Waals surface area (Å²) >= 11 is 0. The molecule has 1 unspecified atom stereocenters. The van der Waals surface area contributed by atoms with Crippen molar-refractivity contribution < 1.29 is 21.0 Å². The first-order valence-corrected chi connectivity index (χ1v) is 15.3. The van der Waals surface area contributed by atoms with Crippen LogP contribution in [0, 0.1) is 6.92 Å². The Hall–Kier alpha value is -2.33. The van der Waals surface area contributed by atoms with Crippen molar-refractivity contribution in [2.45, 2.75) is 75.1 Å². The second-order valence-corrected chi connectivity index (χ2v) is 12.6. The van der Waals surface area contributed by atoms with E-state index >= 15 is 0 Å². The number of pyridine rings is 1. The van der Waals surface area contributed by atoms with Gasteiger partial charge in [0.05, 0.1) is 16.4 Å². The van der Waals surface area contributed by atoms with Gasteiger partial charge < -0.3 is 0 Å². The standard InChI is InChI=1S/C27H36N2O5S2/c1-4-5-6-7-19-29(35(30,31)27-12-8-11-24-21-28-18-17-26(24)27)23(3)10-9-20-34-36(32,33)25-15-13-22(2)14-16-25/h8,11-18,21,23H,4-7,9-10,19-20H2,1-3H3. The van der Waals surface area contributed by atoms with E-state index in [-0.39, 0.29) is 22.4 Å². The van der Waals surface area contributed by atoms with Crippen LogP contribution in [-0.2, 0) is 24.3 Å². The normalized spacial score (nSPS) is 13.3. The van der Waals surface area contributed by atoms with Crippen molar-refractivity contribution in [1.82, 2.24) is 9.29 Å². The van der Waals surface area contributed by atoms with E-state index in [9.17, 15) is 16.8 Å².